The minimum Gasteiger partial charge on any atom is -0.481 e. The third-order valence-corrected chi connectivity index (χ3v) is 4.24. The first-order chi connectivity index (χ1) is 10.3. The summed E-state index contributed by atoms with van der Waals surface area (Å²) in [6, 6.07) is 11.2. The van der Waals surface area contributed by atoms with Crippen LogP contribution in [0.2, 0.25) is 0 Å². The molecule has 1 aromatic carbocycles. The maximum Gasteiger partial charge on any atom is 0.212 e. The van der Waals surface area contributed by atoms with Gasteiger partial charge in [-0.15, -0.1) is 0 Å². The van der Waals surface area contributed by atoms with Crippen LogP contribution in [0.4, 0.5) is 0 Å². The molecule has 1 unspecified atom stereocenters. The maximum absolute atomic E-state index is 5.08. The van der Waals surface area contributed by atoms with E-state index in [0.29, 0.717) is 11.9 Å². The number of ether oxygens (including phenoxy) is 1. The topological polar surface area (TPSA) is 34.1 Å². The van der Waals surface area contributed by atoms with E-state index in [1.807, 2.05) is 18.3 Å². The van der Waals surface area contributed by atoms with Crippen LogP contribution in [0, 0.1) is 0 Å². The lowest BCUT2D eigenvalue weighted by molar-refractivity contribution is 0.397. The lowest BCUT2D eigenvalue weighted by atomic mass is 10.0. The number of pyridine rings is 1. The second-order valence-corrected chi connectivity index (χ2v) is 5.69. The van der Waals surface area contributed by atoms with E-state index in [4.69, 9.17) is 4.74 Å². The molecule has 0 saturated heterocycles. The molecule has 3 rings (SSSR count). The minimum atomic E-state index is 0.345. The Bertz CT molecular complexity index is 607. The average molecular weight is 282 g/mol. The van der Waals surface area contributed by atoms with Gasteiger partial charge in [-0.25, -0.2) is 4.98 Å². The normalized spacial score (nSPS) is 14.8. The van der Waals surface area contributed by atoms with Crippen molar-refractivity contribution in [1.82, 2.24) is 10.3 Å². The predicted molar refractivity (Wildman–Crippen MR) is 84.5 cm³/mol. The summed E-state index contributed by atoms with van der Waals surface area (Å²) in [6.45, 7) is 3.03. The number of aromatic nitrogens is 1. The fourth-order valence-electron chi connectivity index (χ4n) is 2.89. The van der Waals surface area contributed by atoms with E-state index in [-0.39, 0.29) is 0 Å². The van der Waals surface area contributed by atoms with Crippen molar-refractivity contribution in [3.05, 3.63) is 58.8 Å². The van der Waals surface area contributed by atoms with Gasteiger partial charge in [0, 0.05) is 24.8 Å². The molecule has 2 aromatic rings. The van der Waals surface area contributed by atoms with E-state index >= 15 is 0 Å². The molecule has 1 atom stereocenters. The molecule has 0 amide bonds. The van der Waals surface area contributed by atoms with E-state index in [1.165, 1.54) is 41.5 Å². The van der Waals surface area contributed by atoms with Crippen LogP contribution < -0.4 is 10.1 Å². The number of nitrogens with zero attached hydrogens (tertiary/aromatic N) is 1. The number of nitrogens with one attached hydrogen (secondary N) is 1. The van der Waals surface area contributed by atoms with E-state index in [9.17, 15) is 0 Å². The van der Waals surface area contributed by atoms with E-state index in [1.54, 1.807) is 7.11 Å². The van der Waals surface area contributed by atoms with Crippen LogP contribution in [0.5, 0.6) is 5.88 Å². The molecular weight excluding hydrogens is 260 g/mol. The monoisotopic (exact) mass is 282 g/mol. The van der Waals surface area contributed by atoms with Crippen molar-refractivity contribution in [2.45, 2.75) is 38.8 Å². The summed E-state index contributed by atoms with van der Waals surface area (Å²) in [7, 11) is 1.64. The summed E-state index contributed by atoms with van der Waals surface area (Å²) < 4.78 is 5.08. The zero-order valence-corrected chi connectivity index (χ0v) is 12.7. The molecule has 1 aliphatic carbocycles. The van der Waals surface area contributed by atoms with Crippen molar-refractivity contribution in [2.75, 3.05) is 7.11 Å². The van der Waals surface area contributed by atoms with Crippen LogP contribution in [-0.2, 0) is 19.4 Å². The Labute approximate surface area is 126 Å². The van der Waals surface area contributed by atoms with Gasteiger partial charge in [-0.05, 0) is 48.4 Å². The summed E-state index contributed by atoms with van der Waals surface area (Å²) >= 11 is 0. The lowest BCUT2D eigenvalue weighted by Crippen LogP contribution is -2.18. The molecule has 1 aromatic heterocycles. The van der Waals surface area contributed by atoms with Gasteiger partial charge in [0.2, 0.25) is 5.88 Å². The van der Waals surface area contributed by atoms with Gasteiger partial charge in [0.25, 0.3) is 0 Å². The van der Waals surface area contributed by atoms with Gasteiger partial charge in [-0.3, -0.25) is 0 Å². The predicted octanol–water partition coefficient (Wildman–Crippen LogP) is 3.43. The molecular formula is C18H22N2O. The Balaban J connectivity index is 1.61. The smallest absolute Gasteiger partial charge is 0.212 e. The molecule has 0 fully saturated rings. The van der Waals surface area contributed by atoms with Crippen molar-refractivity contribution < 1.29 is 4.74 Å². The van der Waals surface area contributed by atoms with Crippen molar-refractivity contribution in [2.24, 2.45) is 0 Å². The molecule has 0 aliphatic heterocycles. The molecule has 3 heteroatoms. The highest BCUT2D eigenvalue weighted by Gasteiger charge is 2.13. The number of methoxy groups -OCH3 is 1. The quantitative estimate of drug-likeness (QED) is 0.912. The Morgan fingerprint density at radius 3 is 2.81 bits per heavy atom. The van der Waals surface area contributed by atoms with Crippen LogP contribution in [-0.4, -0.2) is 12.1 Å². The molecule has 0 saturated carbocycles. The molecule has 3 nitrogen and oxygen atoms in total. The van der Waals surface area contributed by atoms with E-state index in [2.05, 4.69) is 35.4 Å². The molecule has 0 radical (unpaired) electrons. The Kier molecular flexibility index (Phi) is 4.20. The van der Waals surface area contributed by atoms with Crippen LogP contribution in [0.3, 0.4) is 0 Å². The fourth-order valence-corrected chi connectivity index (χ4v) is 2.89. The van der Waals surface area contributed by atoms with Gasteiger partial charge in [0.1, 0.15) is 0 Å². The van der Waals surface area contributed by atoms with Crippen LogP contribution >= 0.6 is 0 Å². The standard InChI is InChI=1S/C18H22N2O/c1-13(16-8-7-15-4-3-5-17(15)10-16)19-11-14-6-9-18(21-2)20-12-14/h6-10,12-13,19H,3-5,11H2,1-2H3. The highest BCUT2D eigenvalue weighted by molar-refractivity contribution is 5.36. The first-order valence-corrected chi connectivity index (χ1v) is 7.60. The maximum atomic E-state index is 5.08. The molecule has 1 heterocycles. The summed E-state index contributed by atoms with van der Waals surface area (Å²) in [5.74, 6) is 0.658. The van der Waals surface area contributed by atoms with Gasteiger partial charge >= 0.3 is 0 Å². The van der Waals surface area contributed by atoms with E-state index in [0.717, 1.165) is 6.54 Å². The summed E-state index contributed by atoms with van der Waals surface area (Å²) in [4.78, 5) is 4.23. The van der Waals surface area contributed by atoms with Crippen LogP contribution in [0.1, 0.15) is 41.6 Å². The number of hydrogen-bond donors (Lipinski definition) is 1. The van der Waals surface area contributed by atoms with Crippen molar-refractivity contribution in [3.8, 4) is 5.88 Å². The second kappa shape index (κ2) is 6.27. The van der Waals surface area contributed by atoms with Gasteiger partial charge in [-0.2, -0.15) is 0 Å². The lowest BCUT2D eigenvalue weighted by Gasteiger charge is -2.15. The van der Waals surface area contributed by atoms with Crippen LogP contribution in [0.15, 0.2) is 36.5 Å². The third kappa shape index (κ3) is 3.24. The molecule has 0 spiro atoms. The molecule has 0 bridgehead atoms. The molecule has 110 valence electrons. The summed E-state index contributed by atoms with van der Waals surface area (Å²) in [5.41, 5.74) is 5.61. The van der Waals surface area contributed by atoms with Gasteiger partial charge in [0.15, 0.2) is 0 Å². The number of hydrogen-bond acceptors (Lipinski definition) is 3. The zero-order chi connectivity index (χ0) is 14.7. The van der Waals surface area contributed by atoms with Crippen LogP contribution in [0.25, 0.3) is 0 Å². The van der Waals surface area contributed by atoms with Crippen molar-refractivity contribution in [1.29, 1.82) is 0 Å². The Morgan fingerprint density at radius 1 is 1.19 bits per heavy atom. The molecule has 1 aliphatic rings. The summed E-state index contributed by atoms with van der Waals surface area (Å²) in [6.07, 6.45) is 5.65. The highest BCUT2D eigenvalue weighted by atomic mass is 16.5. The third-order valence-electron chi connectivity index (χ3n) is 4.24. The minimum absolute atomic E-state index is 0.345. The van der Waals surface area contributed by atoms with Gasteiger partial charge in [0.05, 0.1) is 7.11 Å². The highest BCUT2D eigenvalue weighted by Crippen LogP contribution is 2.25. The number of benzene rings is 1. The number of aryl methyl sites for hydroxylation is 2. The Hall–Kier alpha value is -1.87. The summed E-state index contributed by atoms with van der Waals surface area (Å²) in [5, 5.41) is 3.56. The first-order valence-electron chi connectivity index (χ1n) is 7.60. The number of rotatable bonds is 5. The van der Waals surface area contributed by atoms with E-state index < -0.39 is 0 Å². The van der Waals surface area contributed by atoms with Crippen molar-refractivity contribution >= 4 is 0 Å². The largest absolute Gasteiger partial charge is 0.481 e. The fraction of sp³-hybridized carbons (Fsp3) is 0.389. The van der Waals surface area contributed by atoms with Gasteiger partial charge < -0.3 is 10.1 Å². The van der Waals surface area contributed by atoms with Gasteiger partial charge in [-0.1, -0.05) is 24.3 Å². The van der Waals surface area contributed by atoms with Crippen molar-refractivity contribution in [3.63, 3.8) is 0 Å². The molecule has 1 N–H and O–H groups in total. The average Bonchev–Trinajstić information content (AvgIpc) is 3.00. The zero-order valence-electron chi connectivity index (χ0n) is 12.7. The Morgan fingerprint density at radius 2 is 2.05 bits per heavy atom. The molecule has 21 heavy (non-hydrogen) atoms. The SMILES string of the molecule is COc1ccc(CNC(C)c2ccc3c(c2)CCC3)cn1. The first kappa shape index (κ1) is 14.1. The second-order valence-electron chi connectivity index (χ2n) is 5.69. The number of fused-ring (bicyclic) bond motifs is 1.